The highest BCUT2D eigenvalue weighted by Gasteiger charge is 2.11. The number of pyridine rings is 1. The van der Waals surface area contributed by atoms with Gasteiger partial charge < -0.3 is 4.72 Å². The summed E-state index contributed by atoms with van der Waals surface area (Å²) in [5.74, 6) is 0. The van der Waals surface area contributed by atoms with Gasteiger partial charge in [0, 0.05) is 16.6 Å². The lowest BCUT2D eigenvalue weighted by Crippen LogP contribution is -2.00. The van der Waals surface area contributed by atoms with Crippen molar-refractivity contribution >= 4 is 38.2 Å². The van der Waals surface area contributed by atoms with Crippen molar-refractivity contribution in [1.82, 2.24) is 4.98 Å². The molecule has 0 saturated carbocycles. The van der Waals surface area contributed by atoms with Crippen LogP contribution in [0.3, 0.4) is 0 Å². The zero-order valence-corrected chi connectivity index (χ0v) is 13.3. The highest BCUT2D eigenvalue weighted by molar-refractivity contribution is 7.94. The van der Waals surface area contributed by atoms with Gasteiger partial charge in [0.2, 0.25) is 0 Å². The van der Waals surface area contributed by atoms with E-state index in [4.69, 9.17) is 11.6 Å². The van der Waals surface area contributed by atoms with E-state index in [2.05, 4.69) is 9.71 Å². The summed E-state index contributed by atoms with van der Waals surface area (Å²) in [4.78, 5) is 4.25. The molecule has 0 atom stereocenters. The second-order valence-corrected chi connectivity index (χ2v) is 6.76. The van der Waals surface area contributed by atoms with Crippen molar-refractivity contribution in [2.75, 3.05) is 0 Å². The molecule has 22 heavy (non-hydrogen) atoms. The van der Waals surface area contributed by atoms with Crippen molar-refractivity contribution in [2.24, 2.45) is 0 Å². The first-order valence-electron chi connectivity index (χ1n) is 6.56. The van der Waals surface area contributed by atoms with Crippen LogP contribution in [0.15, 0.2) is 59.6 Å². The van der Waals surface area contributed by atoms with Gasteiger partial charge in [-0.1, -0.05) is 41.9 Å². The molecule has 1 aromatic heterocycles. The normalized spacial score (nSPS) is 11.5. The number of hydrogen-bond acceptors (Lipinski definition) is 3. The maximum absolute atomic E-state index is 12.6. The van der Waals surface area contributed by atoms with Gasteiger partial charge >= 0.3 is 0 Å². The summed E-state index contributed by atoms with van der Waals surface area (Å²) in [7, 11) is -3.88. The lowest BCUT2D eigenvalue weighted by atomic mass is 10.2. The van der Waals surface area contributed by atoms with Crippen molar-refractivity contribution in [2.45, 2.75) is 11.8 Å². The molecule has 0 saturated heterocycles. The Kier molecular flexibility index (Phi) is 3.76. The Morgan fingerprint density at radius 2 is 1.77 bits per heavy atom. The minimum atomic E-state index is -3.88. The van der Waals surface area contributed by atoms with Gasteiger partial charge in [0.25, 0.3) is 0 Å². The number of rotatable bonds is 3. The van der Waals surface area contributed by atoms with E-state index in [1.807, 2.05) is 12.1 Å². The molecule has 0 spiro atoms. The molecule has 0 bridgehead atoms. The topological polar surface area (TPSA) is 61.1 Å². The summed E-state index contributed by atoms with van der Waals surface area (Å²) >= 11 is 6.02. The average molecular weight is 332 g/mol. The van der Waals surface area contributed by atoms with Gasteiger partial charge in [0.15, 0.2) is 0 Å². The van der Waals surface area contributed by atoms with Crippen LogP contribution < -0.4 is 0 Å². The molecule has 0 aliphatic rings. The number of para-hydroxylation sites is 1. The summed E-state index contributed by atoms with van der Waals surface area (Å²) < 4.78 is 29.2. The third kappa shape index (κ3) is 2.65. The molecule has 3 rings (SSSR count). The Hall–Kier alpha value is -2.11. The molecule has 1 heterocycles. The van der Waals surface area contributed by atoms with Crippen LogP contribution >= 0.6 is 11.6 Å². The van der Waals surface area contributed by atoms with E-state index in [1.54, 1.807) is 43.5 Å². The molecular weight excluding hydrogens is 320 g/mol. The molecule has 0 fully saturated rings. The maximum Gasteiger partial charge on any atom is 0.125 e. The van der Waals surface area contributed by atoms with Crippen LogP contribution in [-0.2, 0) is 10.0 Å². The van der Waals surface area contributed by atoms with Gasteiger partial charge in [-0.25, -0.2) is 8.42 Å². The van der Waals surface area contributed by atoms with Crippen molar-refractivity contribution in [3.63, 3.8) is 0 Å². The fourth-order valence-corrected chi connectivity index (χ4v) is 3.55. The Morgan fingerprint density at radius 1 is 1.05 bits per heavy atom. The van der Waals surface area contributed by atoms with E-state index < -0.39 is 10.0 Å². The first-order chi connectivity index (χ1) is 10.5. The predicted octanol–water partition coefficient (Wildman–Crippen LogP) is 4.59. The number of benzene rings is 2. The highest BCUT2D eigenvalue weighted by Crippen LogP contribution is 2.35. The molecule has 0 aliphatic heterocycles. The van der Waals surface area contributed by atoms with Gasteiger partial charge in [0.1, 0.15) is 10.0 Å². The van der Waals surface area contributed by atoms with Gasteiger partial charge in [0.05, 0.1) is 10.4 Å². The van der Waals surface area contributed by atoms with Crippen LogP contribution in [0.4, 0.5) is 5.69 Å². The largest absolute Gasteiger partial charge is 0.572 e. The molecule has 0 amide bonds. The second kappa shape index (κ2) is 5.59. The van der Waals surface area contributed by atoms with Crippen molar-refractivity contribution in [3.8, 4) is 0 Å². The lowest BCUT2D eigenvalue weighted by molar-refractivity contribution is 0.604. The van der Waals surface area contributed by atoms with E-state index in [0.717, 1.165) is 5.39 Å². The number of hydrogen-bond donors (Lipinski definition) is 0. The predicted molar refractivity (Wildman–Crippen MR) is 88.1 cm³/mol. The van der Waals surface area contributed by atoms with Gasteiger partial charge in [-0.3, -0.25) is 4.98 Å². The molecule has 2 aromatic carbocycles. The molecule has 0 N–H and O–H groups in total. The van der Waals surface area contributed by atoms with E-state index in [1.165, 1.54) is 6.07 Å². The minimum absolute atomic E-state index is 0.0879. The number of fused-ring (bicyclic) bond motifs is 1. The zero-order valence-electron chi connectivity index (χ0n) is 11.7. The lowest BCUT2D eigenvalue weighted by Gasteiger charge is -2.25. The number of sulfonamides is 1. The van der Waals surface area contributed by atoms with Crippen LogP contribution in [0.5, 0.6) is 0 Å². The summed E-state index contributed by atoms with van der Waals surface area (Å²) in [6, 6.07) is 13.6. The first-order valence-corrected chi connectivity index (χ1v) is 8.38. The smallest absolute Gasteiger partial charge is 0.125 e. The zero-order chi connectivity index (χ0) is 15.7. The molecule has 6 heteroatoms. The third-order valence-corrected chi connectivity index (χ3v) is 5.06. The number of nitrogens with zero attached hydrogens (tertiary/aromatic N) is 2. The van der Waals surface area contributed by atoms with Crippen LogP contribution in [0.2, 0.25) is 5.02 Å². The highest BCUT2D eigenvalue weighted by atomic mass is 35.5. The Bertz CT molecular complexity index is 950. The van der Waals surface area contributed by atoms with Gasteiger partial charge in [-0.05, 0) is 30.7 Å². The summed E-state index contributed by atoms with van der Waals surface area (Å²) in [5, 5.41) is 1.23. The maximum atomic E-state index is 12.6. The first kappa shape index (κ1) is 14.8. The quantitative estimate of drug-likeness (QED) is 0.705. The van der Waals surface area contributed by atoms with E-state index in [9.17, 15) is 8.42 Å². The Labute approximate surface area is 133 Å². The van der Waals surface area contributed by atoms with Crippen LogP contribution in [0.1, 0.15) is 5.56 Å². The molecular formula is C16H12ClN2O2S-. The van der Waals surface area contributed by atoms with Crippen LogP contribution in [0.25, 0.3) is 15.6 Å². The SMILES string of the molecule is Cc1c(Cl)cccc1[N-]S(=O)(=O)c1cccc2cccnc12. The Balaban J connectivity index is 2.11. The summed E-state index contributed by atoms with van der Waals surface area (Å²) in [5.41, 5.74) is 1.37. The summed E-state index contributed by atoms with van der Waals surface area (Å²) in [6.07, 6.45) is 1.56. The standard InChI is InChI=1S/C16H12ClN2O2S/c1-11-13(17)7-3-8-14(11)19-22(20,21)15-9-2-5-12-6-4-10-18-16(12)15/h2-10H,1H3/q-1. The molecule has 0 unspecified atom stereocenters. The summed E-state index contributed by atoms with van der Waals surface area (Å²) in [6.45, 7) is 1.73. The Morgan fingerprint density at radius 3 is 2.59 bits per heavy atom. The molecule has 3 aromatic rings. The monoisotopic (exact) mass is 331 g/mol. The third-order valence-electron chi connectivity index (χ3n) is 3.33. The fourth-order valence-electron chi connectivity index (χ4n) is 2.16. The average Bonchev–Trinajstić information content (AvgIpc) is 2.51. The van der Waals surface area contributed by atoms with Crippen molar-refractivity contribution < 1.29 is 8.42 Å². The molecule has 0 aliphatic carbocycles. The fraction of sp³-hybridized carbons (Fsp3) is 0.0625. The number of halogens is 1. The van der Waals surface area contributed by atoms with Crippen molar-refractivity contribution in [3.05, 3.63) is 70.0 Å². The van der Waals surface area contributed by atoms with Gasteiger partial charge in [-0.15, -0.1) is 5.69 Å². The second-order valence-electron chi connectivity index (χ2n) is 4.78. The molecule has 4 nitrogen and oxygen atoms in total. The van der Waals surface area contributed by atoms with Gasteiger partial charge in [-0.2, -0.15) is 0 Å². The molecule has 0 radical (unpaired) electrons. The van der Waals surface area contributed by atoms with Crippen molar-refractivity contribution in [1.29, 1.82) is 0 Å². The van der Waals surface area contributed by atoms with Crippen LogP contribution in [0, 0.1) is 6.92 Å². The minimum Gasteiger partial charge on any atom is -0.572 e. The molecule has 112 valence electrons. The van der Waals surface area contributed by atoms with E-state index in [0.29, 0.717) is 21.8 Å². The van der Waals surface area contributed by atoms with Crippen LogP contribution in [-0.4, -0.2) is 13.4 Å². The number of aromatic nitrogens is 1. The van der Waals surface area contributed by atoms with E-state index in [-0.39, 0.29) is 4.90 Å². The van der Waals surface area contributed by atoms with E-state index >= 15 is 0 Å².